The molecule has 0 aliphatic carbocycles. The minimum absolute atomic E-state index is 0.0703. The van der Waals surface area contributed by atoms with Gasteiger partial charge < -0.3 is 15.1 Å². The van der Waals surface area contributed by atoms with Gasteiger partial charge in [0.15, 0.2) is 0 Å². The van der Waals surface area contributed by atoms with Crippen molar-refractivity contribution in [1.29, 1.82) is 0 Å². The molecule has 6 rings (SSSR count). The molecule has 2 amide bonds. The maximum atomic E-state index is 13.4. The Kier molecular flexibility index (Phi) is 5.71. The van der Waals surface area contributed by atoms with Crippen LogP contribution in [0.4, 0.5) is 11.5 Å². The quantitative estimate of drug-likeness (QED) is 0.586. The number of thiophene rings is 1. The average Bonchev–Trinajstić information content (AvgIpc) is 3.38. The highest BCUT2D eigenvalue weighted by Crippen LogP contribution is 2.41. The highest BCUT2D eigenvalue weighted by atomic mass is 32.1. The summed E-state index contributed by atoms with van der Waals surface area (Å²) in [5.41, 5.74) is 3.33. The molecule has 1 aromatic carbocycles. The molecule has 7 nitrogen and oxygen atoms in total. The summed E-state index contributed by atoms with van der Waals surface area (Å²) in [4.78, 5) is 41.8. The van der Waals surface area contributed by atoms with Gasteiger partial charge in [0.05, 0.1) is 11.3 Å². The van der Waals surface area contributed by atoms with Crippen molar-refractivity contribution >= 4 is 44.9 Å². The fourth-order valence-corrected chi connectivity index (χ4v) is 7.15. The number of nitrogens with one attached hydrogen (secondary N) is 1. The largest absolute Gasteiger partial charge is 0.356 e. The number of rotatable bonds is 3. The monoisotopic (exact) mass is 489 g/mol. The summed E-state index contributed by atoms with van der Waals surface area (Å²) in [6.45, 7) is 7.45. The maximum Gasteiger partial charge on any atom is 0.232 e. The number of anilines is 2. The van der Waals surface area contributed by atoms with E-state index >= 15 is 0 Å². The fourth-order valence-electron chi connectivity index (χ4n) is 6.15. The predicted octanol–water partition coefficient (Wildman–Crippen LogP) is 4.50. The van der Waals surface area contributed by atoms with Crippen LogP contribution in [0.25, 0.3) is 10.2 Å². The van der Waals surface area contributed by atoms with Crippen LogP contribution >= 0.6 is 11.3 Å². The third-order valence-electron chi connectivity index (χ3n) is 8.25. The van der Waals surface area contributed by atoms with Crippen LogP contribution in [0.1, 0.15) is 47.6 Å². The van der Waals surface area contributed by atoms with Gasteiger partial charge in [-0.05, 0) is 62.6 Å². The molecule has 5 heterocycles. The van der Waals surface area contributed by atoms with E-state index in [1.165, 1.54) is 15.8 Å². The summed E-state index contributed by atoms with van der Waals surface area (Å²) < 4.78 is 0. The molecular weight excluding hydrogens is 458 g/mol. The van der Waals surface area contributed by atoms with Crippen molar-refractivity contribution in [2.75, 3.05) is 36.4 Å². The standard InChI is InChI=1S/C27H31N5O2S/c1-16-17(2)35-26-22(16)24(28-15-29-26)31-11-9-19(10-12-31)27(34)32-13-7-18(8-14-32)23-20-5-3-4-6-21(20)30-25(23)33/h3-6,15,18-19,23H,7-14H2,1-2H3,(H,30,33). The normalized spacial score (nSPS) is 21.4. The van der Waals surface area contributed by atoms with Crippen molar-refractivity contribution in [1.82, 2.24) is 14.9 Å². The number of carbonyl (C=O) groups excluding carboxylic acids is 2. The van der Waals surface area contributed by atoms with Crippen LogP contribution in [-0.4, -0.2) is 52.9 Å². The Morgan fingerprint density at radius 1 is 1.03 bits per heavy atom. The molecular formula is C27H31N5O2S. The first kappa shape index (κ1) is 22.5. The van der Waals surface area contributed by atoms with Gasteiger partial charge in [0, 0.05) is 42.7 Å². The van der Waals surface area contributed by atoms with Crippen molar-refractivity contribution in [3.8, 4) is 0 Å². The fraction of sp³-hybridized carbons (Fsp3) is 0.481. The Morgan fingerprint density at radius 2 is 1.77 bits per heavy atom. The molecule has 0 spiro atoms. The van der Waals surface area contributed by atoms with E-state index in [1.54, 1.807) is 17.7 Å². The van der Waals surface area contributed by atoms with E-state index < -0.39 is 0 Å². The van der Waals surface area contributed by atoms with E-state index in [4.69, 9.17) is 0 Å². The molecule has 3 aromatic rings. The Labute approximate surface area is 209 Å². The second-order valence-corrected chi connectivity index (χ2v) is 11.3. The molecule has 8 heteroatoms. The number of aromatic nitrogens is 2. The lowest BCUT2D eigenvalue weighted by molar-refractivity contribution is -0.137. The van der Waals surface area contributed by atoms with Gasteiger partial charge in [-0.3, -0.25) is 9.59 Å². The summed E-state index contributed by atoms with van der Waals surface area (Å²) in [7, 11) is 0. The zero-order chi connectivity index (χ0) is 24.1. The van der Waals surface area contributed by atoms with Crippen LogP contribution in [0.5, 0.6) is 0 Å². The number of hydrogen-bond donors (Lipinski definition) is 1. The van der Waals surface area contributed by atoms with Crippen LogP contribution in [0.3, 0.4) is 0 Å². The van der Waals surface area contributed by atoms with Gasteiger partial charge in [-0.2, -0.15) is 0 Å². The van der Waals surface area contributed by atoms with E-state index in [0.29, 0.717) is 5.92 Å². The number of hydrogen-bond acceptors (Lipinski definition) is 6. The van der Waals surface area contributed by atoms with Gasteiger partial charge in [0.1, 0.15) is 17.0 Å². The summed E-state index contributed by atoms with van der Waals surface area (Å²) >= 11 is 1.72. The molecule has 1 unspecified atom stereocenters. The SMILES string of the molecule is Cc1sc2ncnc(N3CCC(C(=O)N4CCC(C5C(=O)Nc6ccccc65)CC4)CC3)c2c1C. The van der Waals surface area contributed by atoms with Crippen LogP contribution in [0.2, 0.25) is 0 Å². The Bertz CT molecular complexity index is 1290. The molecule has 3 aliphatic heterocycles. The molecule has 0 saturated carbocycles. The number of likely N-dealkylation sites (tertiary alicyclic amines) is 1. The molecule has 2 saturated heterocycles. The first-order valence-electron chi connectivity index (χ1n) is 12.7. The molecule has 2 aromatic heterocycles. The number of aryl methyl sites for hydroxylation is 2. The zero-order valence-electron chi connectivity index (χ0n) is 20.3. The molecule has 3 aliphatic rings. The second-order valence-electron chi connectivity index (χ2n) is 10.1. The molecule has 0 radical (unpaired) electrons. The third-order valence-corrected chi connectivity index (χ3v) is 9.36. The minimum Gasteiger partial charge on any atom is -0.356 e. The predicted molar refractivity (Wildman–Crippen MR) is 139 cm³/mol. The number of piperidine rings is 2. The maximum absolute atomic E-state index is 13.4. The molecule has 2 fully saturated rings. The van der Waals surface area contributed by atoms with Crippen molar-refractivity contribution in [3.63, 3.8) is 0 Å². The third kappa shape index (κ3) is 3.88. The van der Waals surface area contributed by atoms with Crippen molar-refractivity contribution < 1.29 is 9.59 Å². The topological polar surface area (TPSA) is 78.4 Å². The van der Waals surface area contributed by atoms with Crippen LogP contribution in [0.15, 0.2) is 30.6 Å². The minimum atomic E-state index is -0.0828. The highest BCUT2D eigenvalue weighted by molar-refractivity contribution is 7.18. The molecule has 35 heavy (non-hydrogen) atoms. The van der Waals surface area contributed by atoms with Crippen molar-refractivity contribution in [3.05, 3.63) is 46.6 Å². The zero-order valence-corrected chi connectivity index (χ0v) is 21.1. The van der Waals surface area contributed by atoms with Gasteiger partial charge in [0.2, 0.25) is 11.8 Å². The van der Waals surface area contributed by atoms with E-state index in [0.717, 1.165) is 73.8 Å². The Morgan fingerprint density at radius 3 is 2.54 bits per heavy atom. The van der Waals surface area contributed by atoms with Gasteiger partial charge >= 0.3 is 0 Å². The second kappa shape index (κ2) is 8.90. The van der Waals surface area contributed by atoms with E-state index in [2.05, 4.69) is 40.1 Å². The summed E-state index contributed by atoms with van der Waals surface area (Å²) in [6.07, 6.45) is 5.13. The molecule has 1 atom stereocenters. The lowest BCUT2D eigenvalue weighted by Crippen LogP contribution is -2.46. The number of benzene rings is 1. The molecule has 1 N–H and O–H groups in total. The van der Waals surface area contributed by atoms with Gasteiger partial charge in [0.25, 0.3) is 0 Å². The number of carbonyl (C=O) groups is 2. The van der Waals surface area contributed by atoms with Gasteiger partial charge in [-0.15, -0.1) is 11.3 Å². The smallest absolute Gasteiger partial charge is 0.232 e. The lowest BCUT2D eigenvalue weighted by atomic mass is 9.80. The van der Waals surface area contributed by atoms with Gasteiger partial charge in [-0.1, -0.05) is 18.2 Å². The van der Waals surface area contributed by atoms with Crippen LogP contribution in [0, 0.1) is 25.7 Å². The number of nitrogens with zero attached hydrogens (tertiary/aromatic N) is 4. The summed E-state index contributed by atoms with van der Waals surface area (Å²) in [5, 5.41) is 4.20. The van der Waals surface area contributed by atoms with Crippen LogP contribution in [-0.2, 0) is 9.59 Å². The summed E-state index contributed by atoms with van der Waals surface area (Å²) in [5.74, 6) is 1.69. The molecule has 0 bridgehead atoms. The highest BCUT2D eigenvalue weighted by Gasteiger charge is 2.39. The van der Waals surface area contributed by atoms with Gasteiger partial charge in [-0.25, -0.2) is 9.97 Å². The van der Waals surface area contributed by atoms with E-state index in [1.807, 2.05) is 23.1 Å². The molecule has 182 valence electrons. The van der Waals surface area contributed by atoms with Crippen molar-refractivity contribution in [2.24, 2.45) is 11.8 Å². The number of para-hydroxylation sites is 1. The summed E-state index contributed by atoms with van der Waals surface area (Å²) in [6, 6.07) is 8.01. The van der Waals surface area contributed by atoms with Crippen LogP contribution < -0.4 is 10.2 Å². The van der Waals surface area contributed by atoms with E-state index in [9.17, 15) is 9.59 Å². The number of fused-ring (bicyclic) bond motifs is 2. The number of amides is 2. The average molecular weight is 490 g/mol. The lowest BCUT2D eigenvalue weighted by Gasteiger charge is -2.38. The Balaban J connectivity index is 1.07. The first-order valence-corrected chi connectivity index (χ1v) is 13.5. The van der Waals surface area contributed by atoms with Crippen molar-refractivity contribution in [2.45, 2.75) is 45.4 Å². The Hall–Kier alpha value is -3.00. The first-order chi connectivity index (χ1) is 17.0. The van der Waals surface area contributed by atoms with E-state index in [-0.39, 0.29) is 23.7 Å².